The predicted molar refractivity (Wildman–Crippen MR) is 68.1 cm³/mol. The first kappa shape index (κ1) is 15.1. The summed E-state index contributed by atoms with van der Waals surface area (Å²) in [7, 11) is 1.71. The molecular formula is C11H25NO4Si. The van der Waals surface area contributed by atoms with E-state index in [9.17, 15) is 0 Å². The zero-order chi connectivity index (χ0) is 12.6. The van der Waals surface area contributed by atoms with Crippen LogP contribution >= 0.6 is 0 Å². The van der Waals surface area contributed by atoms with Crippen molar-refractivity contribution in [1.82, 2.24) is 4.90 Å². The number of hydrogen-bond acceptors (Lipinski definition) is 5. The molecule has 1 saturated heterocycles. The van der Waals surface area contributed by atoms with Crippen LogP contribution in [0.15, 0.2) is 0 Å². The van der Waals surface area contributed by atoms with Crippen molar-refractivity contribution in [2.24, 2.45) is 0 Å². The quantitative estimate of drug-likeness (QED) is 0.668. The van der Waals surface area contributed by atoms with E-state index in [0.29, 0.717) is 33.0 Å². The molecule has 102 valence electrons. The minimum absolute atomic E-state index is 0.578. The van der Waals surface area contributed by atoms with Crippen LogP contribution in [0.3, 0.4) is 0 Å². The Hall–Kier alpha value is 0.0169. The van der Waals surface area contributed by atoms with Crippen molar-refractivity contribution in [3.05, 3.63) is 0 Å². The van der Waals surface area contributed by atoms with Gasteiger partial charge in [0.1, 0.15) is 0 Å². The van der Waals surface area contributed by atoms with Gasteiger partial charge in [0, 0.05) is 12.7 Å². The lowest BCUT2D eigenvalue weighted by molar-refractivity contribution is -0.0153. The smallest absolute Gasteiger partial charge is 0.377 e. The molecule has 1 heterocycles. The molecule has 0 unspecified atom stereocenters. The summed E-state index contributed by atoms with van der Waals surface area (Å²) in [6, 6.07) is 0.888. The van der Waals surface area contributed by atoms with Crippen molar-refractivity contribution in [3.63, 3.8) is 0 Å². The topological polar surface area (TPSA) is 40.2 Å². The summed E-state index contributed by atoms with van der Waals surface area (Å²) in [5, 5.41) is 0. The van der Waals surface area contributed by atoms with Crippen LogP contribution in [0, 0.1) is 0 Å². The van der Waals surface area contributed by atoms with Crippen LogP contribution in [0.25, 0.3) is 0 Å². The van der Waals surface area contributed by atoms with Gasteiger partial charge in [-0.25, -0.2) is 0 Å². The molecule has 0 bridgehead atoms. The fourth-order valence-corrected chi connectivity index (χ4v) is 4.29. The van der Waals surface area contributed by atoms with Gasteiger partial charge in [0.05, 0.1) is 26.4 Å². The Morgan fingerprint density at radius 3 is 2.29 bits per heavy atom. The average Bonchev–Trinajstić information content (AvgIpc) is 2.23. The second kappa shape index (κ2) is 8.18. The molecule has 0 aromatic rings. The molecule has 0 amide bonds. The molecule has 0 radical (unpaired) electrons. The second-order valence-corrected chi connectivity index (χ2v) is 7.06. The zero-order valence-electron chi connectivity index (χ0n) is 11.2. The van der Waals surface area contributed by atoms with Gasteiger partial charge in [-0.1, -0.05) is 0 Å². The Kier molecular flexibility index (Phi) is 7.25. The van der Waals surface area contributed by atoms with Crippen LogP contribution in [0.5, 0.6) is 0 Å². The molecule has 6 heteroatoms. The van der Waals surface area contributed by atoms with Gasteiger partial charge >= 0.3 is 8.80 Å². The number of ether oxygens (including phenoxy) is 1. The zero-order valence-corrected chi connectivity index (χ0v) is 12.2. The van der Waals surface area contributed by atoms with E-state index < -0.39 is 8.80 Å². The average molecular weight is 263 g/mol. The molecule has 0 aliphatic carbocycles. The predicted octanol–water partition coefficient (Wildman–Crippen LogP) is 0.977. The third-order valence-corrected chi connectivity index (χ3v) is 5.53. The van der Waals surface area contributed by atoms with Gasteiger partial charge in [0.15, 0.2) is 0 Å². The fourth-order valence-electron chi connectivity index (χ4n) is 1.79. The summed E-state index contributed by atoms with van der Waals surface area (Å²) < 4.78 is 22.8. The van der Waals surface area contributed by atoms with Gasteiger partial charge in [-0.05, 0) is 34.0 Å². The van der Waals surface area contributed by atoms with Crippen LogP contribution in [0.1, 0.15) is 13.3 Å². The molecule has 5 nitrogen and oxygen atoms in total. The highest BCUT2D eigenvalue weighted by atomic mass is 28.4. The first-order valence-corrected chi connectivity index (χ1v) is 8.26. The van der Waals surface area contributed by atoms with Gasteiger partial charge in [-0.3, -0.25) is 0 Å². The molecule has 0 atom stereocenters. The molecule has 1 fully saturated rings. The summed E-state index contributed by atoms with van der Waals surface area (Å²) in [5.74, 6) is 0. The summed E-state index contributed by atoms with van der Waals surface area (Å²) in [6.45, 7) is 6.10. The van der Waals surface area contributed by atoms with Gasteiger partial charge in [0.25, 0.3) is 0 Å². The van der Waals surface area contributed by atoms with Crippen molar-refractivity contribution < 1.29 is 18.0 Å². The summed E-state index contributed by atoms with van der Waals surface area (Å²) in [4.78, 5) is 2.17. The minimum Gasteiger partial charge on any atom is -0.377 e. The van der Waals surface area contributed by atoms with E-state index in [4.69, 9.17) is 18.0 Å². The SMILES string of the molecule is CCO[Si]1(CCCN(C)C)OCCOCCO1. The van der Waals surface area contributed by atoms with Crippen LogP contribution in [0.2, 0.25) is 6.04 Å². The molecule has 0 spiro atoms. The molecular weight excluding hydrogens is 238 g/mol. The van der Waals surface area contributed by atoms with Crippen LogP contribution in [-0.4, -0.2) is 67.4 Å². The lowest BCUT2D eigenvalue weighted by Crippen LogP contribution is -2.48. The first-order chi connectivity index (χ1) is 8.18. The maximum Gasteiger partial charge on any atom is 0.501 e. The van der Waals surface area contributed by atoms with Crippen molar-refractivity contribution in [1.29, 1.82) is 0 Å². The van der Waals surface area contributed by atoms with Gasteiger partial charge in [-0.2, -0.15) is 0 Å². The van der Waals surface area contributed by atoms with Gasteiger partial charge < -0.3 is 22.9 Å². The Morgan fingerprint density at radius 2 is 1.76 bits per heavy atom. The molecule has 0 N–H and O–H groups in total. The second-order valence-electron chi connectivity index (χ2n) is 4.33. The molecule has 1 aliphatic heterocycles. The van der Waals surface area contributed by atoms with E-state index >= 15 is 0 Å². The van der Waals surface area contributed by atoms with E-state index in [1.165, 1.54) is 0 Å². The molecule has 1 aliphatic rings. The van der Waals surface area contributed by atoms with Crippen LogP contribution in [0.4, 0.5) is 0 Å². The normalized spacial score (nSPS) is 21.2. The number of nitrogens with zero attached hydrogens (tertiary/aromatic N) is 1. The van der Waals surface area contributed by atoms with E-state index in [-0.39, 0.29) is 0 Å². The highest BCUT2D eigenvalue weighted by Crippen LogP contribution is 2.19. The highest BCUT2D eigenvalue weighted by molar-refractivity contribution is 6.60. The van der Waals surface area contributed by atoms with E-state index in [1.54, 1.807) is 0 Å². The lowest BCUT2D eigenvalue weighted by Gasteiger charge is -2.31. The number of hydrogen-bond donors (Lipinski definition) is 0. The number of rotatable bonds is 6. The Labute approximate surface area is 105 Å². The van der Waals surface area contributed by atoms with E-state index in [0.717, 1.165) is 19.0 Å². The molecule has 0 saturated carbocycles. The fraction of sp³-hybridized carbons (Fsp3) is 1.00. The summed E-state index contributed by atoms with van der Waals surface area (Å²) in [5.41, 5.74) is 0. The maximum absolute atomic E-state index is 5.84. The van der Waals surface area contributed by atoms with Gasteiger partial charge in [0.2, 0.25) is 0 Å². The highest BCUT2D eigenvalue weighted by Gasteiger charge is 2.40. The molecule has 17 heavy (non-hydrogen) atoms. The summed E-state index contributed by atoms with van der Waals surface area (Å²) in [6.07, 6.45) is 1.04. The van der Waals surface area contributed by atoms with E-state index in [1.807, 2.05) is 6.92 Å². The van der Waals surface area contributed by atoms with Crippen molar-refractivity contribution in [2.75, 3.05) is 53.7 Å². The first-order valence-electron chi connectivity index (χ1n) is 6.33. The van der Waals surface area contributed by atoms with Crippen molar-refractivity contribution in [2.45, 2.75) is 19.4 Å². The molecule has 1 rings (SSSR count). The molecule has 0 aromatic heterocycles. The summed E-state index contributed by atoms with van der Waals surface area (Å²) >= 11 is 0. The monoisotopic (exact) mass is 263 g/mol. The standard InChI is InChI=1S/C11H25NO4Si/c1-4-14-17(11-5-6-12(2)3)15-9-7-13-8-10-16-17/h4-11H2,1-3H3. The van der Waals surface area contributed by atoms with Crippen LogP contribution < -0.4 is 0 Å². The lowest BCUT2D eigenvalue weighted by atomic mass is 10.5. The molecule has 0 aromatic carbocycles. The Morgan fingerprint density at radius 1 is 1.12 bits per heavy atom. The third kappa shape index (κ3) is 5.94. The third-order valence-electron chi connectivity index (χ3n) is 2.55. The maximum atomic E-state index is 5.84. The van der Waals surface area contributed by atoms with Crippen molar-refractivity contribution in [3.8, 4) is 0 Å². The largest absolute Gasteiger partial charge is 0.501 e. The van der Waals surface area contributed by atoms with Crippen LogP contribution in [-0.2, 0) is 18.0 Å². The van der Waals surface area contributed by atoms with Crippen molar-refractivity contribution >= 4 is 8.80 Å². The Bertz CT molecular complexity index is 196. The minimum atomic E-state index is -2.44. The van der Waals surface area contributed by atoms with Gasteiger partial charge in [-0.15, -0.1) is 0 Å². The van der Waals surface area contributed by atoms with E-state index in [2.05, 4.69) is 19.0 Å². The Balaban J connectivity index is 2.45.